The van der Waals surface area contributed by atoms with Crippen LogP contribution in [0.4, 0.5) is 0 Å². The largest absolute Gasteiger partial charge is 0.497 e. The van der Waals surface area contributed by atoms with Gasteiger partial charge in [-0.3, -0.25) is 4.90 Å². The Morgan fingerprint density at radius 1 is 1.14 bits per heavy atom. The third kappa shape index (κ3) is 3.54. The van der Waals surface area contributed by atoms with E-state index in [1.165, 1.54) is 11.1 Å². The van der Waals surface area contributed by atoms with Crippen molar-refractivity contribution in [2.45, 2.75) is 36.2 Å². The van der Waals surface area contributed by atoms with Crippen molar-refractivity contribution in [3.8, 4) is 5.75 Å². The van der Waals surface area contributed by atoms with Crippen LogP contribution < -0.4 is 4.74 Å². The summed E-state index contributed by atoms with van der Waals surface area (Å²) < 4.78 is 33.1. The van der Waals surface area contributed by atoms with E-state index in [-0.39, 0.29) is 17.0 Å². The quantitative estimate of drug-likeness (QED) is 0.756. The van der Waals surface area contributed by atoms with E-state index in [1.54, 1.807) is 42.7 Å². The molecule has 1 fully saturated rings. The normalized spacial score (nSPS) is 22.6. The summed E-state index contributed by atoms with van der Waals surface area (Å²) in [6.45, 7) is 1.91. The lowest BCUT2D eigenvalue weighted by molar-refractivity contribution is 0.0968. The number of rotatable bonds is 4. The second kappa shape index (κ2) is 7.67. The molecule has 0 radical (unpaired) electrons. The number of benzene rings is 2. The smallest absolute Gasteiger partial charge is 0.243 e. The molecule has 0 spiro atoms. The molecular formula is C21H25ClN2O3S. The Hall–Kier alpha value is -1.60. The molecule has 2 unspecified atom stereocenters. The van der Waals surface area contributed by atoms with Crippen molar-refractivity contribution < 1.29 is 13.2 Å². The van der Waals surface area contributed by atoms with Crippen molar-refractivity contribution in [3.05, 3.63) is 58.6 Å². The Labute approximate surface area is 171 Å². The predicted molar refractivity (Wildman–Crippen MR) is 110 cm³/mol. The van der Waals surface area contributed by atoms with Crippen LogP contribution >= 0.6 is 11.6 Å². The van der Waals surface area contributed by atoms with Gasteiger partial charge in [0.1, 0.15) is 5.75 Å². The maximum atomic E-state index is 13.1. The van der Waals surface area contributed by atoms with Crippen LogP contribution in [-0.2, 0) is 16.4 Å². The summed E-state index contributed by atoms with van der Waals surface area (Å²) in [6, 6.07) is 12.9. The molecule has 7 heteroatoms. The Morgan fingerprint density at radius 2 is 1.89 bits per heavy atom. The van der Waals surface area contributed by atoms with E-state index in [0.29, 0.717) is 5.02 Å². The number of hydrogen-bond donors (Lipinski definition) is 0. The number of piperidine rings is 1. The molecule has 150 valence electrons. The Balaban J connectivity index is 1.58. The highest BCUT2D eigenvalue weighted by Crippen LogP contribution is 2.39. The summed E-state index contributed by atoms with van der Waals surface area (Å²) in [5, 5.41) is 0.532. The number of nitrogens with zero attached hydrogens (tertiary/aromatic N) is 2. The maximum absolute atomic E-state index is 13.1. The topological polar surface area (TPSA) is 49.9 Å². The Morgan fingerprint density at radius 3 is 2.61 bits per heavy atom. The molecule has 2 aliphatic rings. The molecule has 0 aromatic heterocycles. The van der Waals surface area contributed by atoms with Crippen LogP contribution in [0.1, 0.15) is 30.0 Å². The molecule has 0 amide bonds. The van der Waals surface area contributed by atoms with Gasteiger partial charge in [-0.1, -0.05) is 17.7 Å². The fourth-order valence-corrected chi connectivity index (χ4v) is 5.92. The van der Waals surface area contributed by atoms with Gasteiger partial charge < -0.3 is 4.74 Å². The highest BCUT2D eigenvalue weighted by atomic mass is 35.5. The number of hydrogen-bond acceptors (Lipinski definition) is 4. The van der Waals surface area contributed by atoms with E-state index >= 15 is 0 Å². The third-order valence-corrected chi connectivity index (χ3v) is 8.24. The minimum absolute atomic E-state index is 0.0324. The SMILES string of the molecule is COc1ccc2c(c1)CCN1CCC(N(C)S(=O)(=O)c3ccc(Cl)cc3)CC21. The molecule has 0 N–H and O–H groups in total. The molecule has 2 aliphatic heterocycles. The van der Waals surface area contributed by atoms with E-state index in [2.05, 4.69) is 17.0 Å². The van der Waals surface area contributed by atoms with Crippen LogP contribution in [0.15, 0.2) is 47.4 Å². The molecule has 28 heavy (non-hydrogen) atoms. The highest BCUT2D eigenvalue weighted by Gasteiger charge is 2.38. The fourth-order valence-electron chi connectivity index (χ4n) is 4.40. The first-order valence-electron chi connectivity index (χ1n) is 9.54. The number of fused-ring (bicyclic) bond motifs is 3. The van der Waals surface area contributed by atoms with Gasteiger partial charge in [0.2, 0.25) is 10.0 Å². The monoisotopic (exact) mass is 420 g/mol. The van der Waals surface area contributed by atoms with Gasteiger partial charge in [0.15, 0.2) is 0 Å². The van der Waals surface area contributed by atoms with Gasteiger partial charge in [-0.2, -0.15) is 4.31 Å². The molecular weight excluding hydrogens is 396 g/mol. The average molecular weight is 421 g/mol. The van der Waals surface area contributed by atoms with Crippen molar-refractivity contribution in [2.24, 2.45) is 0 Å². The van der Waals surface area contributed by atoms with Crippen LogP contribution in [-0.4, -0.2) is 50.9 Å². The molecule has 5 nitrogen and oxygen atoms in total. The maximum Gasteiger partial charge on any atom is 0.243 e. The van der Waals surface area contributed by atoms with Gasteiger partial charge in [-0.25, -0.2) is 8.42 Å². The van der Waals surface area contributed by atoms with Crippen LogP contribution in [0.2, 0.25) is 5.02 Å². The van der Waals surface area contributed by atoms with Crippen LogP contribution in [0.5, 0.6) is 5.75 Å². The van der Waals surface area contributed by atoms with E-state index in [0.717, 1.165) is 38.1 Å². The molecule has 2 aromatic rings. The Kier molecular flexibility index (Phi) is 5.40. The van der Waals surface area contributed by atoms with Crippen molar-refractivity contribution in [1.82, 2.24) is 9.21 Å². The fraction of sp³-hybridized carbons (Fsp3) is 0.429. The lowest BCUT2D eigenvalue weighted by Gasteiger charge is -2.45. The van der Waals surface area contributed by atoms with Gasteiger partial charge >= 0.3 is 0 Å². The lowest BCUT2D eigenvalue weighted by Crippen LogP contribution is -2.48. The van der Waals surface area contributed by atoms with Crippen molar-refractivity contribution in [3.63, 3.8) is 0 Å². The van der Waals surface area contributed by atoms with Crippen molar-refractivity contribution >= 4 is 21.6 Å². The summed E-state index contributed by atoms with van der Waals surface area (Å²) in [7, 11) is -0.164. The molecule has 1 saturated heterocycles. The second-order valence-electron chi connectivity index (χ2n) is 7.52. The molecule has 2 heterocycles. The Bertz CT molecular complexity index is 962. The number of methoxy groups -OCH3 is 1. The van der Waals surface area contributed by atoms with Gasteiger partial charge in [0, 0.05) is 37.2 Å². The van der Waals surface area contributed by atoms with E-state index < -0.39 is 10.0 Å². The van der Waals surface area contributed by atoms with E-state index in [1.807, 2.05) is 6.07 Å². The molecule has 4 rings (SSSR count). The molecule has 2 atom stereocenters. The van der Waals surface area contributed by atoms with Gasteiger partial charge in [0.05, 0.1) is 12.0 Å². The van der Waals surface area contributed by atoms with Crippen molar-refractivity contribution in [1.29, 1.82) is 0 Å². The first kappa shape index (κ1) is 19.7. The summed E-state index contributed by atoms with van der Waals surface area (Å²) in [5.74, 6) is 0.877. The molecule has 0 saturated carbocycles. The zero-order valence-corrected chi connectivity index (χ0v) is 17.7. The number of sulfonamides is 1. The summed E-state index contributed by atoms with van der Waals surface area (Å²) in [5.41, 5.74) is 2.61. The number of ether oxygens (including phenoxy) is 1. The number of halogens is 1. The summed E-state index contributed by atoms with van der Waals surface area (Å²) >= 11 is 5.91. The predicted octanol–water partition coefficient (Wildman–Crippen LogP) is 3.73. The van der Waals surface area contributed by atoms with Gasteiger partial charge in [0.25, 0.3) is 0 Å². The van der Waals surface area contributed by atoms with Crippen LogP contribution in [0, 0.1) is 0 Å². The zero-order chi connectivity index (χ0) is 19.9. The van der Waals surface area contributed by atoms with E-state index in [9.17, 15) is 8.42 Å². The van der Waals surface area contributed by atoms with E-state index in [4.69, 9.17) is 16.3 Å². The van der Waals surface area contributed by atoms with Gasteiger partial charge in [-0.05, 0) is 66.8 Å². The molecule has 2 aromatic carbocycles. The summed E-state index contributed by atoms with van der Waals surface area (Å²) in [6.07, 6.45) is 2.64. The zero-order valence-electron chi connectivity index (χ0n) is 16.1. The minimum Gasteiger partial charge on any atom is -0.497 e. The summed E-state index contributed by atoms with van der Waals surface area (Å²) in [4.78, 5) is 2.77. The third-order valence-electron chi connectivity index (χ3n) is 6.07. The van der Waals surface area contributed by atoms with Gasteiger partial charge in [-0.15, -0.1) is 0 Å². The first-order valence-corrected chi connectivity index (χ1v) is 11.4. The molecule has 0 aliphatic carbocycles. The highest BCUT2D eigenvalue weighted by molar-refractivity contribution is 7.89. The molecule has 0 bridgehead atoms. The lowest BCUT2D eigenvalue weighted by atomic mass is 9.85. The van der Waals surface area contributed by atoms with Crippen LogP contribution in [0.3, 0.4) is 0 Å². The standard InChI is InChI=1S/C21H25ClN2O3S/c1-23(28(25,26)19-6-3-16(22)4-7-19)17-10-12-24-11-9-15-13-18(27-2)5-8-20(15)21(24)14-17/h3-8,13,17,21H,9-12,14H2,1-2H3. The average Bonchev–Trinajstić information content (AvgIpc) is 2.72. The van der Waals surface area contributed by atoms with Crippen LogP contribution in [0.25, 0.3) is 0 Å². The minimum atomic E-state index is -3.55. The van der Waals surface area contributed by atoms with Crippen molar-refractivity contribution in [2.75, 3.05) is 27.2 Å². The first-order chi connectivity index (χ1) is 13.4. The second-order valence-corrected chi connectivity index (χ2v) is 9.95.